The van der Waals surface area contributed by atoms with Gasteiger partial charge in [0.15, 0.2) is 0 Å². The van der Waals surface area contributed by atoms with Crippen LogP contribution in [0.1, 0.15) is 23.6 Å². The van der Waals surface area contributed by atoms with E-state index in [2.05, 4.69) is 46.0 Å². The van der Waals surface area contributed by atoms with Crippen LogP contribution in [0.25, 0.3) is 0 Å². The summed E-state index contributed by atoms with van der Waals surface area (Å²) >= 11 is 3.54. The van der Waals surface area contributed by atoms with Gasteiger partial charge in [-0.2, -0.15) is 0 Å². The van der Waals surface area contributed by atoms with Gasteiger partial charge in [0.05, 0.1) is 6.10 Å². The molecule has 1 aliphatic heterocycles. The fourth-order valence-corrected chi connectivity index (χ4v) is 2.85. The summed E-state index contributed by atoms with van der Waals surface area (Å²) in [5.74, 6) is 0. The van der Waals surface area contributed by atoms with Crippen LogP contribution in [0.4, 0.5) is 0 Å². The van der Waals surface area contributed by atoms with Crippen LogP contribution in [0, 0.1) is 6.92 Å². The van der Waals surface area contributed by atoms with Crippen molar-refractivity contribution < 1.29 is 4.74 Å². The highest BCUT2D eigenvalue weighted by molar-refractivity contribution is 9.10. The van der Waals surface area contributed by atoms with E-state index in [1.165, 1.54) is 11.1 Å². The maximum atomic E-state index is 5.97. The van der Waals surface area contributed by atoms with E-state index in [9.17, 15) is 0 Å². The molecule has 0 bridgehead atoms. The molecule has 0 aliphatic carbocycles. The molecule has 2 rings (SSSR count). The first kappa shape index (κ1) is 14.0. The number of hydrogen-bond acceptors (Lipinski definition) is 3. The second-order valence-corrected chi connectivity index (χ2v) is 5.76. The molecular formula is C14H21BrN2O. The number of ether oxygens (including phenoxy) is 1. The summed E-state index contributed by atoms with van der Waals surface area (Å²) in [4.78, 5) is 2.43. The van der Waals surface area contributed by atoms with Gasteiger partial charge in [-0.05, 0) is 30.5 Å². The second-order valence-electron chi connectivity index (χ2n) is 4.90. The Morgan fingerprint density at radius 1 is 1.56 bits per heavy atom. The predicted octanol–water partition coefficient (Wildman–Crippen LogP) is 2.48. The molecule has 18 heavy (non-hydrogen) atoms. The Kier molecular flexibility index (Phi) is 4.78. The highest BCUT2D eigenvalue weighted by atomic mass is 79.9. The molecule has 4 heteroatoms. The lowest BCUT2D eigenvalue weighted by atomic mass is 10.0. The Bertz CT molecular complexity index is 411. The lowest BCUT2D eigenvalue weighted by Crippen LogP contribution is -2.33. The number of nitrogens with zero attached hydrogens (tertiary/aromatic N) is 1. The maximum Gasteiger partial charge on any atom is 0.0710 e. The molecule has 1 heterocycles. The first-order chi connectivity index (χ1) is 8.65. The summed E-state index contributed by atoms with van der Waals surface area (Å²) in [7, 11) is 1.79. The molecule has 2 unspecified atom stereocenters. The average molecular weight is 313 g/mol. The molecule has 1 aliphatic rings. The summed E-state index contributed by atoms with van der Waals surface area (Å²) in [6.07, 6.45) is 1.46. The van der Waals surface area contributed by atoms with E-state index >= 15 is 0 Å². The zero-order valence-corrected chi connectivity index (χ0v) is 12.6. The van der Waals surface area contributed by atoms with Gasteiger partial charge in [0.25, 0.3) is 0 Å². The highest BCUT2D eigenvalue weighted by Crippen LogP contribution is 2.28. The first-order valence-electron chi connectivity index (χ1n) is 6.38. The lowest BCUT2D eigenvalue weighted by molar-refractivity contribution is 0.101. The predicted molar refractivity (Wildman–Crippen MR) is 77.7 cm³/mol. The third-order valence-electron chi connectivity index (χ3n) is 3.74. The van der Waals surface area contributed by atoms with Crippen molar-refractivity contribution in [3.63, 3.8) is 0 Å². The molecule has 2 atom stereocenters. The first-order valence-corrected chi connectivity index (χ1v) is 7.18. The third-order valence-corrected chi connectivity index (χ3v) is 4.63. The molecule has 0 radical (unpaired) electrons. The molecular weight excluding hydrogens is 292 g/mol. The molecule has 0 aromatic heterocycles. The number of halogens is 1. The molecule has 1 saturated heterocycles. The number of hydrogen-bond donors (Lipinski definition) is 1. The van der Waals surface area contributed by atoms with Crippen molar-refractivity contribution >= 4 is 15.9 Å². The number of methoxy groups -OCH3 is 1. The lowest BCUT2D eigenvalue weighted by Gasteiger charge is -2.27. The van der Waals surface area contributed by atoms with Crippen molar-refractivity contribution in [1.82, 2.24) is 4.90 Å². The largest absolute Gasteiger partial charge is 0.380 e. The third kappa shape index (κ3) is 2.94. The van der Waals surface area contributed by atoms with Gasteiger partial charge in [0.2, 0.25) is 0 Å². The van der Waals surface area contributed by atoms with Gasteiger partial charge in [-0.15, -0.1) is 0 Å². The van der Waals surface area contributed by atoms with Crippen molar-refractivity contribution in [3.05, 3.63) is 33.8 Å². The van der Waals surface area contributed by atoms with Gasteiger partial charge in [0, 0.05) is 37.3 Å². The fourth-order valence-electron chi connectivity index (χ4n) is 2.60. The van der Waals surface area contributed by atoms with Gasteiger partial charge in [-0.25, -0.2) is 0 Å². The van der Waals surface area contributed by atoms with Crippen molar-refractivity contribution in [2.24, 2.45) is 5.73 Å². The van der Waals surface area contributed by atoms with Crippen LogP contribution in [0.3, 0.4) is 0 Å². The Balaban J connectivity index is 2.15. The highest BCUT2D eigenvalue weighted by Gasteiger charge is 2.28. The number of aryl methyl sites for hydroxylation is 1. The smallest absolute Gasteiger partial charge is 0.0710 e. The van der Waals surface area contributed by atoms with Crippen LogP contribution in [0.2, 0.25) is 0 Å². The Hall–Kier alpha value is -0.420. The zero-order valence-electron chi connectivity index (χ0n) is 11.0. The van der Waals surface area contributed by atoms with Gasteiger partial charge in [-0.3, -0.25) is 4.90 Å². The van der Waals surface area contributed by atoms with Gasteiger partial charge >= 0.3 is 0 Å². The topological polar surface area (TPSA) is 38.5 Å². The monoisotopic (exact) mass is 312 g/mol. The molecule has 1 fully saturated rings. The van der Waals surface area contributed by atoms with Crippen molar-refractivity contribution in [1.29, 1.82) is 0 Å². The summed E-state index contributed by atoms with van der Waals surface area (Å²) in [6, 6.07) is 6.80. The number of likely N-dealkylation sites (tertiary alicyclic amines) is 1. The fraction of sp³-hybridized carbons (Fsp3) is 0.571. The van der Waals surface area contributed by atoms with Crippen molar-refractivity contribution in [3.8, 4) is 0 Å². The van der Waals surface area contributed by atoms with Crippen LogP contribution in [0.15, 0.2) is 22.7 Å². The van der Waals surface area contributed by atoms with Crippen molar-refractivity contribution in [2.75, 3.05) is 26.7 Å². The number of nitrogens with two attached hydrogens (primary N) is 1. The van der Waals surface area contributed by atoms with E-state index in [1.807, 2.05) is 0 Å². The van der Waals surface area contributed by atoms with Crippen LogP contribution in [0.5, 0.6) is 0 Å². The van der Waals surface area contributed by atoms with Crippen LogP contribution >= 0.6 is 15.9 Å². The minimum Gasteiger partial charge on any atom is -0.380 e. The zero-order chi connectivity index (χ0) is 13.1. The normalized spacial score (nSPS) is 22.3. The van der Waals surface area contributed by atoms with Crippen molar-refractivity contribution in [2.45, 2.75) is 25.5 Å². The summed E-state index contributed by atoms with van der Waals surface area (Å²) < 4.78 is 6.58. The molecule has 1 aromatic carbocycles. The number of benzene rings is 1. The van der Waals surface area contributed by atoms with Gasteiger partial charge < -0.3 is 10.5 Å². The van der Waals surface area contributed by atoms with Crippen LogP contribution < -0.4 is 5.73 Å². The van der Waals surface area contributed by atoms with E-state index in [1.54, 1.807) is 7.11 Å². The van der Waals surface area contributed by atoms with E-state index in [0.717, 1.165) is 24.0 Å². The molecule has 1 aromatic rings. The Morgan fingerprint density at radius 2 is 2.33 bits per heavy atom. The SMILES string of the molecule is COC1CCN(C(CN)c2ccc(Br)c(C)c2)C1. The Labute approximate surface area is 117 Å². The average Bonchev–Trinajstić information content (AvgIpc) is 2.83. The quantitative estimate of drug-likeness (QED) is 0.928. The Morgan fingerprint density at radius 3 is 2.89 bits per heavy atom. The summed E-state index contributed by atoms with van der Waals surface area (Å²) in [5, 5.41) is 0. The molecule has 2 N–H and O–H groups in total. The molecule has 0 saturated carbocycles. The van der Waals surface area contributed by atoms with E-state index < -0.39 is 0 Å². The van der Waals surface area contributed by atoms with Gasteiger partial charge in [-0.1, -0.05) is 28.1 Å². The van der Waals surface area contributed by atoms with E-state index in [-0.39, 0.29) is 0 Å². The second kappa shape index (κ2) is 6.15. The standard InChI is InChI=1S/C14H21BrN2O/c1-10-7-11(3-4-13(10)15)14(8-16)17-6-5-12(9-17)18-2/h3-4,7,12,14H,5-6,8-9,16H2,1-2H3. The molecule has 3 nitrogen and oxygen atoms in total. The molecule has 0 amide bonds. The minimum absolute atomic E-state index is 0.303. The van der Waals surface area contributed by atoms with Crippen LogP contribution in [-0.2, 0) is 4.74 Å². The minimum atomic E-state index is 0.303. The summed E-state index contributed by atoms with van der Waals surface area (Å²) in [5.41, 5.74) is 8.52. The maximum absolute atomic E-state index is 5.97. The van der Waals surface area contributed by atoms with E-state index in [4.69, 9.17) is 10.5 Å². The van der Waals surface area contributed by atoms with Gasteiger partial charge in [0.1, 0.15) is 0 Å². The van der Waals surface area contributed by atoms with E-state index in [0.29, 0.717) is 18.7 Å². The molecule has 0 spiro atoms. The van der Waals surface area contributed by atoms with Crippen LogP contribution in [-0.4, -0.2) is 37.7 Å². The molecule has 100 valence electrons. The number of rotatable bonds is 4. The summed E-state index contributed by atoms with van der Waals surface area (Å²) in [6.45, 7) is 4.81.